The second kappa shape index (κ2) is 10.1. The third kappa shape index (κ3) is 5.78. The van der Waals surface area contributed by atoms with E-state index in [2.05, 4.69) is 31.4 Å². The molecule has 0 aromatic carbocycles. The molecule has 0 aromatic heterocycles. The summed E-state index contributed by atoms with van der Waals surface area (Å²) in [5, 5.41) is 0. The maximum absolute atomic E-state index is 3.86. The van der Waals surface area contributed by atoms with Gasteiger partial charge in [-0.1, -0.05) is 37.1 Å². The quantitative estimate of drug-likeness (QED) is 0.331. The maximum atomic E-state index is 3.86. The zero-order valence-electron chi connectivity index (χ0n) is 14.5. The van der Waals surface area contributed by atoms with Crippen LogP contribution in [-0.2, 0) is 0 Å². The summed E-state index contributed by atoms with van der Waals surface area (Å²) in [4.78, 5) is 0. The zero-order chi connectivity index (χ0) is 15.6. The molecule has 22 heavy (non-hydrogen) atoms. The number of hydrogen-bond acceptors (Lipinski definition) is 0. The fraction of sp³-hybridized carbons (Fsp3) is 0.727. The van der Waals surface area contributed by atoms with Gasteiger partial charge in [0, 0.05) is 0 Å². The third-order valence-corrected chi connectivity index (χ3v) is 6.10. The highest BCUT2D eigenvalue weighted by atomic mass is 14.3. The van der Waals surface area contributed by atoms with E-state index in [9.17, 15) is 0 Å². The fourth-order valence-corrected chi connectivity index (χ4v) is 4.61. The molecule has 0 bridgehead atoms. The minimum atomic E-state index is 0.866. The van der Waals surface area contributed by atoms with E-state index < -0.39 is 0 Å². The summed E-state index contributed by atoms with van der Waals surface area (Å²) in [6.45, 7) is 7.65. The van der Waals surface area contributed by atoms with Crippen LogP contribution in [0.25, 0.3) is 0 Å². The molecule has 2 saturated carbocycles. The highest BCUT2D eigenvalue weighted by Crippen LogP contribution is 2.42. The molecule has 0 N–H and O–H groups in total. The van der Waals surface area contributed by atoms with Crippen LogP contribution in [0.3, 0.4) is 0 Å². The minimum absolute atomic E-state index is 0.866. The predicted molar refractivity (Wildman–Crippen MR) is 98.9 cm³/mol. The Morgan fingerprint density at radius 2 is 1.27 bits per heavy atom. The Hall–Kier alpha value is -0.780. The van der Waals surface area contributed by atoms with E-state index >= 15 is 0 Å². The van der Waals surface area contributed by atoms with Crippen LogP contribution in [0.4, 0.5) is 0 Å². The molecule has 0 spiro atoms. The van der Waals surface area contributed by atoms with Crippen molar-refractivity contribution in [1.29, 1.82) is 0 Å². The van der Waals surface area contributed by atoms with Crippen LogP contribution < -0.4 is 0 Å². The van der Waals surface area contributed by atoms with Crippen molar-refractivity contribution in [2.75, 3.05) is 0 Å². The van der Waals surface area contributed by atoms with Crippen molar-refractivity contribution in [3.8, 4) is 0 Å². The molecule has 0 atom stereocenters. The molecule has 2 aliphatic rings. The van der Waals surface area contributed by atoms with Crippen molar-refractivity contribution >= 4 is 0 Å². The largest absolute Gasteiger partial charge is 0.103 e. The van der Waals surface area contributed by atoms with Gasteiger partial charge in [0.25, 0.3) is 0 Å². The van der Waals surface area contributed by atoms with Crippen molar-refractivity contribution in [2.45, 2.75) is 77.0 Å². The lowest BCUT2D eigenvalue weighted by Crippen LogP contribution is -2.25. The lowest BCUT2D eigenvalue weighted by Gasteiger charge is -2.37. The predicted octanol–water partition coefficient (Wildman–Crippen LogP) is 7.09. The lowest BCUT2D eigenvalue weighted by atomic mass is 9.68. The Morgan fingerprint density at radius 1 is 0.682 bits per heavy atom. The van der Waals surface area contributed by atoms with Gasteiger partial charge < -0.3 is 0 Å². The molecular weight excluding hydrogens is 264 g/mol. The molecule has 0 nitrogen and oxygen atoms in total. The van der Waals surface area contributed by atoms with Gasteiger partial charge in [-0.05, 0) is 87.9 Å². The van der Waals surface area contributed by atoms with Gasteiger partial charge >= 0.3 is 0 Å². The average Bonchev–Trinajstić information content (AvgIpc) is 2.58. The molecule has 0 saturated heterocycles. The van der Waals surface area contributed by atoms with E-state index in [-0.39, 0.29) is 0 Å². The van der Waals surface area contributed by atoms with Gasteiger partial charge in [0.2, 0.25) is 0 Å². The van der Waals surface area contributed by atoms with Gasteiger partial charge in [0.1, 0.15) is 0 Å². The van der Waals surface area contributed by atoms with E-state index in [1.807, 2.05) is 6.08 Å². The summed E-state index contributed by atoms with van der Waals surface area (Å²) in [6, 6.07) is 0. The first-order chi connectivity index (χ1) is 10.8. The van der Waals surface area contributed by atoms with Crippen LogP contribution in [0.5, 0.6) is 0 Å². The fourth-order valence-electron chi connectivity index (χ4n) is 4.61. The Bertz CT molecular complexity index is 335. The molecule has 0 heteroatoms. The standard InChI is InChI=1S/C22H36/c1-3-5-7-8-10-20-13-17-22(18-14-20)21-15-11-19(12-16-21)9-6-4-2/h3-4,8,10,19-22H,1-2,5-7,9,11-18H2/b10-8-. The van der Waals surface area contributed by atoms with Gasteiger partial charge in [-0.15, -0.1) is 13.2 Å². The molecule has 0 aromatic rings. The van der Waals surface area contributed by atoms with Gasteiger partial charge in [0.05, 0.1) is 0 Å². The van der Waals surface area contributed by atoms with Crippen molar-refractivity contribution in [3.63, 3.8) is 0 Å². The minimum Gasteiger partial charge on any atom is -0.103 e. The van der Waals surface area contributed by atoms with E-state index in [0.29, 0.717) is 0 Å². The number of hydrogen-bond donors (Lipinski definition) is 0. The maximum Gasteiger partial charge on any atom is -0.0233 e. The summed E-state index contributed by atoms with van der Waals surface area (Å²) in [7, 11) is 0. The van der Waals surface area contributed by atoms with Crippen molar-refractivity contribution in [2.24, 2.45) is 23.7 Å². The van der Waals surface area contributed by atoms with Gasteiger partial charge in [-0.25, -0.2) is 0 Å². The number of unbranched alkanes of at least 4 members (excludes halogenated alkanes) is 1. The topological polar surface area (TPSA) is 0 Å². The summed E-state index contributed by atoms with van der Waals surface area (Å²) < 4.78 is 0. The first-order valence-corrected chi connectivity index (χ1v) is 9.72. The molecule has 2 rings (SSSR count). The SMILES string of the molecule is C=CCC/C=C\C1CCC(C2CCC(CCC=C)CC2)CC1. The molecule has 0 radical (unpaired) electrons. The Morgan fingerprint density at radius 3 is 1.86 bits per heavy atom. The third-order valence-electron chi connectivity index (χ3n) is 6.10. The summed E-state index contributed by atoms with van der Waals surface area (Å²) in [5.74, 6) is 3.95. The van der Waals surface area contributed by atoms with Crippen molar-refractivity contribution in [3.05, 3.63) is 37.5 Å². The summed E-state index contributed by atoms with van der Waals surface area (Å²) >= 11 is 0. The molecule has 0 aliphatic heterocycles. The number of allylic oxidation sites excluding steroid dienone is 4. The second-order valence-electron chi connectivity index (χ2n) is 7.62. The first kappa shape index (κ1) is 17.6. The van der Waals surface area contributed by atoms with Crippen LogP contribution in [-0.4, -0.2) is 0 Å². The highest BCUT2D eigenvalue weighted by Gasteiger charge is 2.29. The zero-order valence-corrected chi connectivity index (χ0v) is 14.5. The molecule has 0 heterocycles. The Kier molecular flexibility index (Phi) is 8.05. The van der Waals surface area contributed by atoms with Crippen LogP contribution >= 0.6 is 0 Å². The Balaban J connectivity index is 1.64. The number of rotatable bonds is 8. The van der Waals surface area contributed by atoms with Crippen LogP contribution in [0.15, 0.2) is 37.5 Å². The van der Waals surface area contributed by atoms with Gasteiger partial charge in [-0.3, -0.25) is 0 Å². The molecule has 2 fully saturated rings. The average molecular weight is 301 g/mol. The summed E-state index contributed by atoms with van der Waals surface area (Å²) in [5.41, 5.74) is 0. The lowest BCUT2D eigenvalue weighted by molar-refractivity contribution is 0.153. The molecule has 0 unspecified atom stereocenters. The molecule has 124 valence electrons. The van der Waals surface area contributed by atoms with Crippen LogP contribution in [0.1, 0.15) is 77.0 Å². The van der Waals surface area contributed by atoms with E-state index in [1.165, 1.54) is 70.6 Å². The highest BCUT2D eigenvalue weighted by molar-refractivity contribution is 4.93. The van der Waals surface area contributed by atoms with E-state index in [1.54, 1.807) is 0 Å². The molecular formula is C22H36. The normalized spacial score (nSPS) is 32.9. The van der Waals surface area contributed by atoms with Crippen molar-refractivity contribution in [1.82, 2.24) is 0 Å². The Labute approximate surface area is 138 Å². The van der Waals surface area contributed by atoms with E-state index in [4.69, 9.17) is 0 Å². The smallest absolute Gasteiger partial charge is 0.0233 e. The molecule has 0 amide bonds. The first-order valence-electron chi connectivity index (χ1n) is 9.72. The van der Waals surface area contributed by atoms with Crippen molar-refractivity contribution < 1.29 is 0 Å². The second-order valence-corrected chi connectivity index (χ2v) is 7.62. The van der Waals surface area contributed by atoms with Crippen LogP contribution in [0, 0.1) is 23.7 Å². The van der Waals surface area contributed by atoms with Gasteiger partial charge in [-0.2, -0.15) is 0 Å². The van der Waals surface area contributed by atoms with E-state index in [0.717, 1.165) is 30.1 Å². The monoisotopic (exact) mass is 300 g/mol. The summed E-state index contributed by atoms with van der Waals surface area (Å²) in [6.07, 6.45) is 25.7. The van der Waals surface area contributed by atoms with Gasteiger partial charge in [0.15, 0.2) is 0 Å². The molecule has 2 aliphatic carbocycles. The van der Waals surface area contributed by atoms with Crippen LogP contribution in [0.2, 0.25) is 0 Å².